The molecule has 136 valence electrons. The Kier molecular flexibility index (Phi) is 4.82. The maximum absolute atomic E-state index is 13.3. The van der Waals surface area contributed by atoms with Crippen LogP contribution in [0.25, 0.3) is 0 Å². The van der Waals surface area contributed by atoms with Gasteiger partial charge >= 0.3 is 5.97 Å². The molecule has 2 aromatic carbocycles. The summed E-state index contributed by atoms with van der Waals surface area (Å²) in [5, 5.41) is 0. The van der Waals surface area contributed by atoms with Crippen LogP contribution in [0.3, 0.4) is 0 Å². The molecule has 3 heteroatoms. The lowest BCUT2D eigenvalue weighted by Gasteiger charge is -2.33. The van der Waals surface area contributed by atoms with Crippen LogP contribution < -0.4 is 0 Å². The third-order valence-electron chi connectivity index (χ3n) is 6.15. The number of benzene rings is 2. The van der Waals surface area contributed by atoms with Crippen molar-refractivity contribution in [1.82, 2.24) is 4.90 Å². The number of carbonyl (C=O) groups is 1. The molecule has 0 saturated carbocycles. The van der Waals surface area contributed by atoms with Crippen LogP contribution in [0.15, 0.2) is 54.6 Å². The molecule has 0 aromatic heterocycles. The first-order valence-corrected chi connectivity index (χ1v) is 9.69. The van der Waals surface area contributed by atoms with Gasteiger partial charge in [-0.1, -0.05) is 61.0 Å². The van der Waals surface area contributed by atoms with E-state index in [1.165, 1.54) is 24.0 Å². The fourth-order valence-corrected chi connectivity index (χ4v) is 4.50. The molecule has 2 aromatic rings. The number of fused-ring (bicyclic) bond motifs is 1. The number of nitrogens with zero attached hydrogens (tertiary/aromatic N) is 1. The Hall–Kier alpha value is -2.13. The van der Waals surface area contributed by atoms with Crippen LogP contribution in [0.4, 0.5) is 0 Å². The van der Waals surface area contributed by atoms with Gasteiger partial charge in [-0.2, -0.15) is 0 Å². The number of hydrogen-bond donors (Lipinski definition) is 0. The molecule has 26 heavy (non-hydrogen) atoms. The van der Waals surface area contributed by atoms with Crippen molar-refractivity contribution < 1.29 is 9.53 Å². The van der Waals surface area contributed by atoms with E-state index in [2.05, 4.69) is 48.3 Å². The summed E-state index contributed by atoms with van der Waals surface area (Å²) in [6.45, 7) is 1.59. The number of likely N-dealkylation sites (N-methyl/N-ethyl adjacent to an activating group) is 1. The van der Waals surface area contributed by atoms with Crippen LogP contribution in [0.1, 0.15) is 36.0 Å². The van der Waals surface area contributed by atoms with Crippen LogP contribution in [-0.2, 0) is 27.8 Å². The number of hydrogen-bond acceptors (Lipinski definition) is 3. The summed E-state index contributed by atoms with van der Waals surface area (Å²) in [5.41, 5.74) is 3.02. The highest BCUT2D eigenvalue weighted by molar-refractivity contribution is 5.85. The van der Waals surface area contributed by atoms with Gasteiger partial charge in [-0.3, -0.25) is 4.79 Å². The molecule has 1 aliphatic heterocycles. The molecule has 1 heterocycles. The third-order valence-corrected chi connectivity index (χ3v) is 6.15. The minimum atomic E-state index is -0.585. The Morgan fingerprint density at radius 1 is 1.04 bits per heavy atom. The number of carbonyl (C=O) groups excluding carboxylic acids is 1. The summed E-state index contributed by atoms with van der Waals surface area (Å²) in [5.74, 6) is -0.0705. The fraction of sp³-hybridized carbons (Fsp3) is 0.435. The van der Waals surface area contributed by atoms with Gasteiger partial charge in [0.2, 0.25) is 0 Å². The lowest BCUT2D eigenvalue weighted by Crippen LogP contribution is -2.43. The lowest BCUT2D eigenvalue weighted by molar-refractivity contribution is -0.152. The van der Waals surface area contributed by atoms with Crippen LogP contribution in [0.2, 0.25) is 0 Å². The van der Waals surface area contributed by atoms with Crippen LogP contribution >= 0.6 is 0 Å². The molecule has 1 saturated heterocycles. The van der Waals surface area contributed by atoms with Gasteiger partial charge in [0.05, 0.1) is 0 Å². The van der Waals surface area contributed by atoms with Crippen molar-refractivity contribution in [3.63, 3.8) is 0 Å². The maximum atomic E-state index is 13.3. The van der Waals surface area contributed by atoms with Crippen LogP contribution in [-0.4, -0.2) is 37.1 Å². The van der Waals surface area contributed by atoms with Gasteiger partial charge < -0.3 is 9.64 Å². The van der Waals surface area contributed by atoms with Gasteiger partial charge in [0.15, 0.2) is 0 Å². The van der Waals surface area contributed by atoms with Gasteiger partial charge in [0, 0.05) is 6.04 Å². The molecule has 0 amide bonds. The Bertz CT molecular complexity index is 746. The highest BCUT2D eigenvalue weighted by Gasteiger charge is 2.46. The first-order chi connectivity index (χ1) is 12.7. The van der Waals surface area contributed by atoms with E-state index in [0.29, 0.717) is 12.6 Å². The number of likely N-dealkylation sites (tertiary alicyclic amines) is 1. The van der Waals surface area contributed by atoms with E-state index in [9.17, 15) is 4.79 Å². The van der Waals surface area contributed by atoms with Gasteiger partial charge in [-0.25, -0.2) is 0 Å². The smallest absolute Gasteiger partial charge is 0.317 e. The minimum absolute atomic E-state index is 0.0705. The summed E-state index contributed by atoms with van der Waals surface area (Å²) < 4.78 is 5.94. The summed E-state index contributed by atoms with van der Waals surface area (Å²) in [6, 6.07) is 18.9. The van der Waals surface area contributed by atoms with Crippen molar-refractivity contribution in [2.45, 2.75) is 43.6 Å². The first-order valence-electron chi connectivity index (χ1n) is 9.69. The zero-order valence-corrected chi connectivity index (χ0v) is 15.5. The number of esters is 1. The molecular weight excluding hydrogens is 322 g/mol. The van der Waals surface area contributed by atoms with E-state index in [1.54, 1.807) is 0 Å². The molecule has 0 bridgehead atoms. The van der Waals surface area contributed by atoms with E-state index in [4.69, 9.17) is 4.74 Å². The summed E-state index contributed by atoms with van der Waals surface area (Å²) in [4.78, 5) is 15.7. The molecule has 1 aliphatic carbocycles. The van der Waals surface area contributed by atoms with E-state index in [1.807, 2.05) is 18.2 Å². The molecule has 0 radical (unpaired) electrons. The second-order valence-electron chi connectivity index (χ2n) is 7.80. The van der Waals surface area contributed by atoms with E-state index >= 15 is 0 Å². The summed E-state index contributed by atoms with van der Waals surface area (Å²) in [7, 11) is 2.13. The normalized spacial score (nSPS) is 22.0. The molecule has 1 atom stereocenters. The van der Waals surface area contributed by atoms with E-state index in [0.717, 1.165) is 31.4 Å². The average molecular weight is 349 g/mol. The SMILES string of the molecule is CN1CCCCC1COC(=O)C1(c2ccccc2)Cc2ccccc2C1. The highest BCUT2D eigenvalue weighted by Crippen LogP contribution is 2.41. The second-order valence-corrected chi connectivity index (χ2v) is 7.80. The average Bonchev–Trinajstić information content (AvgIpc) is 3.09. The molecule has 0 N–H and O–H groups in total. The molecule has 1 unspecified atom stereocenters. The lowest BCUT2D eigenvalue weighted by atomic mass is 9.77. The quantitative estimate of drug-likeness (QED) is 0.788. The van der Waals surface area contributed by atoms with Gasteiger partial charge in [-0.15, -0.1) is 0 Å². The van der Waals surface area contributed by atoms with E-state index < -0.39 is 5.41 Å². The summed E-state index contributed by atoms with van der Waals surface area (Å²) in [6.07, 6.45) is 5.04. The van der Waals surface area contributed by atoms with Gasteiger partial charge in [0.1, 0.15) is 12.0 Å². The zero-order valence-electron chi connectivity index (χ0n) is 15.5. The van der Waals surface area contributed by atoms with Gasteiger partial charge in [0.25, 0.3) is 0 Å². The van der Waals surface area contributed by atoms with Crippen molar-refractivity contribution in [2.24, 2.45) is 0 Å². The Morgan fingerprint density at radius 3 is 2.35 bits per heavy atom. The predicted octanol–water partition coefficient (Wildman–Crippen LogP) is 3.75. The summed E-state index contributed by atoms with van der Waals surface area (Å²) >= 11 is 0. The largest absolute Gasteiger partial charge is 0.463 e. The molecule has 3 nitrogen and oxygen atoms in total. The Labute approximate surface area is 156 Å². The minimum Gasteiger partial charge on any atom is -0.463 e. The van der Waals surface area contributed by atoms with Crippen molar-refractivity contribution in [3.8, 4) is 0 Å². The molecule has 1 fully saturated rings. The van der Waals surface area contributed by atoms with Crippen molar-refractivity contribution in [2.75, 3.05) is 20.2 Å². The van der Waals surface area contributed by atoms with E-state index in [-0.39, 0.29) is 5.97 Å². The monoisotopic (exact) mass is 349 g/mol. The molecular formula is C23H27NO2. The fourth-order valence-electron chi connectivity index (χ4n) is 4.50. The maximum Gasteiger partial charge on any atom is 0.317 e. The highest BCUT2D eigenvalue weighted by atomic mass is 16.5. The second kappa shape index (κ2) is 7.24. The van der Waals surface area contributed by atoms with Crippen LogP contribution in [0, 0.1) is 0 Å². The Morgan fingerprint density at radius 2 is 1.69 bits per heavy atom. The van der Waals surface area contributed by atoms with Crippen molar-refractivity contribution >= 4 is 5.97 Å². The first kappa shape index (κ1) is 17.3. The topological polar surface area (TPSA) is 29.5 Å². The molecule has 4 rings (SSSR count). The standard InChI is InChI=1S/C23H27NO2/c1-24-14-8-7-13-21(24)17-26-22(25)23(20-11-3-2-4-12-20)15-18-9-5-6-10-19(18)16-23/h2-6,9-12,21H,7-8,13-17H2,1H3. The number of rotatable bonds is 4. The number of piperidine rings is 1. The third kappa shape index (κ3) is 3.16. The van der Waals surface area contributed by atoms with Crippen LogP contribution in [0.5, 0.6) is 0 Å². The molecule has 0 spiro atoms. The Balaban J connectivity index is 1.57. The molecule has 2 aliphatic rings. The predicted molar refractivity (Wildman–Crippen MR) is 103 cm³/mol. The van der Waals surface area contributed by atoms with Gasteiger partial charge in [-0.05, 0) is 56.0 Å². The van der Waals surface area contributed by atoms with Crippen molar-refractivity contribution in [1.29, 1.82) is 0 Å². The number of ether oxygens (including phenoxy) is 1. The zero-order chi connectivity index (χ0) is 18.0. The van der Waals surface area contributed by atoms with Crippen molar-refractivity contribution in [3.05, 3.63) is 71.3 Å².